The number of ether oxygens (including phenoxy) is 1. The van der Waals surface area contributed by atoms with E-state index in [4.69, 9.17) is 4.74 Å². The number of benzene rings is 1. The molecule has 120 valence electrons. The summed E-state index contributed by atoms with van der Waals surface area (Å²) in [5.41, 5.74) is 0.403. The largest absolute Gasteiger partial charge is 0.377 e. The van der Waals surface area contributed by atoms with Crippen LogP contribution in [0.1, 0.15) is 23.2 Å². The average molecular weight is 324 g/mol. The van der Waals surface area contributed by atoms with Gasteiger partial charge < -0.3 is 10.1 Å². The van der Waals surface area contributed by atoms with Gasteiger partial charge in [0.2, 0.25) is 10.0 Å². The first kappa shape index (κ1) is 16.7. The van der Waals surface area contributed by atoms with Gasteiger partial charge in [-0.25, -0.2) is 13.1 Å². The van der Waals surface area contributed by atoms with E-state index in [-0.39, 0.29) is 23.5 Å². The SMILES string of the molecule is C=CCNC(=O)c1ccc(S(=O)(=O)NCC2CCCO2)cc1. The second kappa shape index (κ2) is 7.53. The van der Waals surface area contributed by atoms with E-state index >= 15 is 0 Å². The molecule has 1 unspecified atom stereocenters. The molecule has 1 aliphatic rings. The highest BCUT2D eigenvalue weighted by Crippen LogP contribution is 2.14. The van der Waals surface area contributed by atoms with Crippen LogP contribution in [0.4, 0.5) is 0 Å². The molecule has 1 aromatic carbocycles. The molecule has 1 heterocycles. The molecule has 1 fully saturated rings. The van der Waals surface area contributed by atoms with Gasteiger partial charge in [-0.3, -0.25) is 4.79 Å². The van der Waals surface area contributed by atoms with Gasteiger partial charge in [-0.15, -0.1) is 6.58 Å². The molecule has 1 atom stereocenters. The lowest BCUT2D eigenvalue weighted by Gasteiger charge is -2.11. The average Bonchev–Trinajstić information content (AvgIpc) is 3.04. The Labute approximate surface area is 130 Å². The van der Waals surface area contributed by atoms with Crippen LogP contribution in [-0.2, 0) is 14.8 Å². The van der Waals surface area contributed by atoms with Crippen molar-refractivity contribution >= 4 is 15.9 Å². The van der Waals surface area contributed by atoms with E-state index in [2.05, 4.69) is 16.6 Å². The first-order valence-electron chi connectivity index (χ1n) is 7.13. The molecule has 2 rings (SSSR count). The summed E-state index contributed by atoms with van der Waals surface area (Å²) < 4.78 is 32.2. The van der Waals surface area contributed by atoms with Crippen LogP contribution in [0.5, 0.6) is 0 Å². The number of nitrogens with one attached hydrogen (secondary N) is 2. The standard InChI is InChI=1S/C15H20N2O4S/c1-2-9-16-15(18)12-5-7-14(8-6-12)22(19,20)17-11-13-4-3-10-21-13/h2,5-8,13,17H,1,3-4,9-11H2,(H,16,18). The van der Waals surface area contributed by atoms with E-state index in [1.165, 1.54) is 24.3 Å². The smallest absolute Gasteiger partial charge is 0.251 e. The number of hydrogen-bond acceptors (Lipinski definition) is 4. The summed E-state index contributed by atoms with van der Waals surface area (Å²) in [6, 6.07) is 5.80. The summed E-state index contributed by atoms with van der Waals surface area (Å²) >= 11 is 0. The van der Waals surface area contributed by atoms with Crippen LogP contribution >= 0.6 is 0 Å². The van der Waals surface area contributed by atoms with Crippen LogP contribution in [-0.4, -0.2) is 40.1 Å². The minimum atomic E-state index is -3.59. The highest BCUT2D eigenvalue weighted by Gasteiger charge is 2.20. The molecule has 0 saturated carbocycles. The summed E-state index contributed by atoms with van der Waals surface area (Å²) in [5.74, 6) is -0.267. The maximum absolute atomic E-state index is 12.2. The lowest BCUT2D eigenvalue weighted by Crippen LogP contribution is -2.31. The van der Waals surface area contributed by atoms with E-state index in [0.29, 0.717) is 18.7 Å². The number of sulfonamides is 1. The van der Waals surface area contributed by atoms with Gasteiger partial charge in [-0.1, -0.05) is 6.08 Å². The Bertz CT molecular complexity index is 619. The van der Waals surface area contributed by atoms with Gasteiger partial charge in [0, 0.05) is 25.3 Å². The first-order chi connectivity index (χ1) is 10.5. The predicted molar refractivity (Wildman–Crippen MR) is 83.1 cm³/mol. The Morgan fingerprint density at radius 1 is 1.36 bits per heavy atom. The second-order valence-electron chi connectivity index (χ2n) is 5.01. The van der Waals surface area contributed by atoms with Crippen molar-refractivity contribution in [3.8, 4) is 0 Å². The van der Waals surface area contributed by atoms with Crippen molar-refractivity contribution in [2.45, 2.75) is 23.8 Å². The minimum Gasteiger partial charge on any atom is -0.377 e. The number of carbonyl (C=O) groups excluding carboxylic acids is 1. The van der Waals surface area contributed by atoms with Gasteiger partial charge in [0.25, 0.3) is 5.91 Å². The molecule has 0 bridgehead atoms. The molecule has 0 radical (unpaired) electrons. The van der Waals surface area contributed by atoms with Crippen molar-refractivity contribution < 1.29 is 17.9 Å². The van der Waals surface area contributed by atoms with Gasteiger partial charge in [0.1, 0.15) is 0 Å². The molecule has 0 aliphatic carbocycles. The van der Waals surface area contributed by atoms with Gasteiger partial charge in [-0.05, 0) is 37.1 Å². The number of amides is 1. The Morgan fingerprint density at radius 2 is 2.09 bits per heavy atom. The third-order valence-electron chi connectivity index (χ3n) is 3.36. The van der Waals surface area contributed by atoms with Crippen LogP contribution in [0.25, 0.3) is 0 Å². The van der Waals surface area contributed by atoms with Gasteiger partial charge >= 0.3 is 0 Å². The molecule has 1 aliphatic heterocycles. The Balaban J connectivity index is 1.98. The van der Waals surface area contributed by atoms with E-state index in [1.54, 1.807) is 6.08 Å². The van der Waals surface area contributed by atoms with Crippen LogP contribution in [0.3, 0.4) is 0 Å². The summed E-state index contributed by atoms with van der Waals surface area (Å²) in [7, 11) is -3.59. The van der Waals surface area contributed by atoms with Crippen molar-refractivity contribution in [2.75, 3.05) is 19.7 Å². The molecule has 1 saturated heterocycles. The van der Waals surface area contributed by atoms with Crippen LogP contribution < -0.4 is 10.0 Å². The van der Waals surface area contributed by atoms with Gasteiger partial charge in [0.15, 0.2) is 0 Å². The summed E-state index contributed by atoms with van der Waals surface area (Å²) in [6.45, 7) is 4.83. The normalized spacial score (nSPS) is 18.1. The molecule has 0 aromatic heterocycles. The number of carbonyl (C=O) groups is 1. The zero-order valence-corrected chi connectivity index (χ0v) is 13.1. The van der Waals surface area contributed by atoms with Crippen LogP contribution in [0.15, 0.2) is 41.8 Å². The highest BCUT2D eigenvalue weighted by atomic mass is 32.2. The molecule has 1 amide bonds. The third-order valence-corrected chi connectivity index (χ3v) is 4.80. The predicted octanol–water partition coefficient (Wildman–Crippen LogP) is 1.06. The van der Waals surface area contributed by atoms with Crippen LogP contribution in [0, 0.1) is 0 Å². The van der Waals surface area contributed by atoms with E-state index in [1.807, 2.05) is 0 Å². The Hall–Kier alpha value is -1.70. The molecule has 0 spiro atoms. The Kier molecular flexibility index (Phi) is 5.70. The summed E-state index contributed by atoms with van der Waals surface area (Å²) in [6.07, 6.45) is 3.34. The maximum atomic E-state index is 12.2. The molecule has 7 heteroatoms. The number of rotatable bonds is 7. The molecule has 2 N–H and O–H groups in total. The molecule has 6 nitrogen and oxygen atoms in total. The fourth-order valence-electron chi connectivity index (χ4n) is 2.14. The van der Waals surface area contributed by atoms with E-state index in [0.717, 1.165) is 12.8 Å². The van der Waals surface area contributed by atoms with Crippen molar-refractivity contribution in [1.29, 1.82) is 0 Å². The first-order valence-corrected chi connectivity index (χ1v) is 8.61. The third kappa shape index (κ3) is 4.40. The van der Waals surface area contributed by atoms with Crippen molar-refractivity contribution in [1.82, 2.24) is 10.0 Å². The van der Waals surface area contributed by atoms with Crippen LogP contribution in [0.2, 0.25) is 0 Å². The zero-order chi connectivity index (χ0) is 16.0. The van der Waals surface area contributed by atoms with Crippen molar-refractivity contribution in [3.05, 3.63) is 42.5 Å². The quantitative estimate of drug-likeness (QED) is 0.735. The topological polar surface area (TPSA) is 84.5 Å². The molecule has 1 aromatic rings. The van der Waals surface area contributed by atoms with Gasteiger partial charge in [-0.2, -0.15) is 0 Å². The minimum absolute atomic E-state index is 0.0567. The van der Waals surface area contributed by atoms with Gasteiger partial charge in [0.05, 0.1) is 11.0 Å². The summed E-state index contributed by atoms with van der Waals surface area (Å²) in [5, 5.41) is 2.63. The Morgan fingerprint density at radius 3 is 2.68 bits per heavy atom. The van der Waals surface area contributed by atoms with Crippen molar-refractivity contribution in [2.24, 2.45) is 0 Å². The van der Waals surface area contributed by atoms with E-state index in [9.17, 15) is 13.2 Å². The van der Waals surface area contributed by atoms with Crippen molar-refractivity contribution in [3.63, 3.8) is 0 Å². The monoisotopic (exact) mass is 324 g/mol. The molecule has 22 heavy (non-hydrogen) atoms. The zero-order valence-electron chi connectivity index (χ0n) is 12.2. The number of hydrogen-bond donors (Lipinski definition) is 2. The summed E-state index contributed by atoms with van der Waals surface area (Å²) in [4.78, 5) is 11.9. The van der Waals surface area contributed by atoms with E-state index < -0.39 is 10.0 Å². The maximum Gasteiger partial charge on any atom is 0.251 e. The second-order valence-corrected chi connectivity index (χ2v) is 6.78. The lowest BCUT2D eigenvalue weighted by molar-refractivity contribution is 0.0958. The fraction of sp³-hybridized carbons (Fsp3) is 0.400. The lowest BCUT2D eigenvalue weighted by atomic mass is 10.2. The fourth-order valence-corrected chi connectivity index (χ4v) is 3.21. The highest BCUT2D eigenvalue weighted by molar-refractivity contribution is 7.89. The molecular formula is C15H20N2O4S. The molecular weight excluding hydrogens is 304 g/mol.